The van der Waals surface area contributed by atoms with Gasteiger partial charge in [-0.15, -0.1) is 0 Å². The van der Waals surface area contributed by atoms with Gasteiger partial charge in [-0.1, -0.05) is 18.2 Å². The first-order chi connectivity index (χ1) is 16.9. The number of aliphatic hydroxyl groups is 1. The second-order valence-electron chi connectivity index (χ2n) is 7.26. The number of hydrogen-bond donors (Lipinski definition) is 5. The van der Waals surface area contributed by atoms with Crippen LogP contribution in [0.1, 0.15) is 21.6 Å². The third-order valence-corrected chi connectivity index (χ3v) is 4.55. The number of aliphatic carboxylic acids is 1. The number of ether oxygens (including phenoxy) is 1. The summed E-state index contributed by atoms with van der Waals surface area (Å²) in [6.07, 6.45) is -6.62. The second-order valence-corrected chi connectivity index (χ2v) is 7.26. The largest absolute Gasteiger partial charge is 0.490 e. The summed E-state index contributed by atoms with van der Waals surface area (Å²) in [5, 5.41) is 28.4. The Kier molecular flexibility index (Phi) is 9.70. The Morgan fingerprint density at radius 2 is 1.69 bits per heavy atom. The van der Waals surface area contributed by atoms with Crippen LogP contribution in [0.3, 0.4) is 0 Å². The van der Waals surface area contributed by atoms with Gasteiger partial charge >= 0.3 is 12.1 Å². The summed E-state index contributed by atoms with van der Waals surface area (Å²) in [6.45, 7) is 1.97. The molecule has 192 valence electrons. The molecule has 0 spiro atoms. The number of nitrogens with zero attached hydrogens (tertiary/aromatic N) is 1. The molecule has 1 atom stereocenters. The van der Waals surface area contributed by atoms with E-state index in [1.165, 1.54) is 5.48 Å². The fraction of sp³-hybridized carbons (Fsp3) is 0.217. The van der Waals surface area contributed by atoms with Gasteiger partial charge in [0.1, 0.15) is 12.4 Å². The van der Waals surface area contributed by atoms with Gasteiger partial charge in [0.2, 0.25) is 0 Å². The molecule has 5 N–H and O–H groups in total. The van der Waals surface area contributed by atoms with Gasteiger partial charge in [0.15, 0.2) is 6.10 Å². The molecule has 2 amide bonds. The lowest BCUT2D eigenvalue weighted by Gasteiger charge is -2.11. The average molecular weight is 509 g/mol. The van der Waals surface area contributed by atoms with Gasteiger partial charge < -0.3 is 20.3 Å². The van der Waals surface area contributed by atoms with E-state index in [0.717, 1.165) is 22.2 Å². The highest BCUT2D eigenvalue weighted by Crippen LogP contribution is 2.21. The van der Waals surface area contributed by atoms with Gasteiger partial charge in [-0.25, -0.2) is 10.3 Å². The molecule has 3 aromatic rings. The van der Waals surface area contributed by atoms with Gasteiger partial charge in [-0.3, -0.25) is 19.8 Å². The zero-order valence-corrected chi connectivity index (χ0v) is 18.7. The number of rotatable bonds is 7. The second kappa shape index (κ2) is 12.5. The summed E-state index contributed by atoms with van der Waals surface area (Å²) in [6, 6.07) is 16.3. The molecule has 0 unspecified atom stereocenters. The number of carbonyl (C=O) groups excluding carboxylic acids is 2. The molecule has 3 rings (SSSR count). The van der Waals surface area contributed by atoms with Crippen molar-refractivity contribution in [1.29, 1.82) is 0 Å². The molecule has 0 saturated heterocycles. The van der Waals surface area contributed by atoms with Crippen molar-refractivity contribution in [3.8, 4) is 5.75 Å². The van der Waals surface area contributed by atoms with Crippen LogP contribution in [0.15, 0.2) is 54.6 Å². The minimum Gasteiger partial charge on any atom is -0.489 e. The van der Waals surface area contributed by atoms with E-state index in [2.05, 4.69) is 10.3 Å². The smallest absolute Gasteiger partial charge is 0.489 e. The molecule has 1 heterocycles. The summed E-state index contributed by atoms with van der Waals surface area (Å²) < 4.78 is 37.6. The first-order valence-electron chi connectivity index (χ1n) is 10.2. The molecule has 10 nitrogen and oxygen atoms in total. The van der Waals surface area contributed by atoms with Crippen molar-refractivity contribution in [1.82, 2.24) is 15.8 Å². The minimum absolute atomic E-state index is 0.321. The summed E-state index contributed by atoms with van der Waals surface area (Å²) in [7, 11) is 0. The number of para-hydroxylation sites is 1. The minimum atomic E-state index is -5.08. The van der Waals surface area contributed by atoms with Crippen LogP contribution in [-0.4, -0.2) is 57.0 Å². The number of aromatic nitrogens is 1. The first-order valence-corrected chi connectivity index (χ1v) is 10.2. The summed E-state index contributed by atoms with van der Waals surface area (Å²) in [5.74, 6) is -3.61. The molecule has 0 fully saturated rings. The van der Waals surface area contributed by atoms with E-state index in [4.69, 9.17) is 19.8 Å². The lowest BCUT2D eigenvalue weighted by Crippen LogP contribution is -2.41. The maximum atomic E-state index is 12.1. The third-order valence-electron chi connectivity index (χ3n) is 4.55. The lowest BCUT2D eigenvalue weighted by atomic mass is 10.1. The number of carboxylic acids is 1. The quantitative estimate of drug-likeness (QED) is 0.240. The average Bonchev–Trinajstić information content (AvgIpc) is 2.85. The van der Waals surface area contributed by atoms with Gasteiger partial charge in [-0.2, -0.15) is 13.2 Å². The van der Waals surface area contributed by atoms with Crippen molar-refractivity contribution in [2.75, 3.05) is 6.54 Å². The standard InChI is InChI=1S/C21H21N3O5.C2HF3O2/c1-13-10-15(17-4-2-3-5-18(17)23-13)12-29-16-8-6-14(7-9-16)20(26)22-11-19(25)21(27)24-28;3-2(4,5)1(6)7/h2-10,19,25,28H,11-12H2,1H3,(H,22,26)(H,24,27);(H,6,7)/t19-;/m1./s1. The van der Waals surface area contributed by atoms with Crippen LogP contribution >= 0.6 is 0 Å². The number of fused-ring (bicyclic) bond motifs is 1. The van der Waals surface area contributed by atoms with Crippen LogP contribution in [-0.2, 0) is 16.2 Å². The Bertz CT molecular complexity index is 1220. The first kappa shape index (κ1) is 28.0. The van der Waals surface area contributed by atoms with Crippen LogP contribution in [0.2, 0.25) is 0 Å². The lowest BCUT2D eigenvalue weighted by molar-refractivity contribution is -0.192. The summed E-state index contributed by atoms with van der Waals surface area (Å²) in [4.78, 5) is 36.5. The molecular weight excluding hydrogens is 487 g/mol. The van der Waals surface area contributed by atoms with Crippen molar-refractivity contribution >= 4 is 28.7 Å². The maximum Gasteiger partial charge on any atom is 0.490 e. The number of alkyl halides is 3. The zero-order chi connectivity index (χ0) is 26.9. The third kappa shape index (κ3) is 8.21. The monoisotopic (exact) mass is 509 g/mol. The fourth-order valence-electron chi connectivity index (χ4n) is 2.84. The molecule has 1 aromatic heterocycles. The molecule has 0 aliphatic heterocycles. The number of benzene rings is 2. The highest BCUT2D eigenvalue weighted by atomic mass is 19.4. The van der Waals surface area contributed by atoms with Crippen molar-refractivity contribution in [3.63, 3.8) is 0 Å². The Labute approximate surface area is 202 Å². The molecule has 13 heteroatoms. The predicted molar refractivity (Wildman–Crippen MR) is 119 cm³/mol. The van der Waals surface area contributed by atoms with Crippen LogP contribution in [0.4, 0.5) is 13.2 Å². The van der Waals surface area contributed by atoms with Crippen LogP contribution in [0.5, 0.6) is 5.75 Å². The highest BCUT2D eigenvalue weighted by molar-refractivity contribution is 5.94. The highest BCUT2D eigenvalue weighted by Gasteiger charge is 2.38. The molecule has 0 radical (unpaired) electrons. The Hall–Kier alpha value is -4.23. The number of hydroxylamine groups is 1. The summed E-state index contributed by atoms with van der Waals surface area (Å²) >= 11 is 0. The fourth-order valence-corrected chi connectivity index (χ4v) is 2.84. The van der Waals surface area contributed by atoms with Crippen LogP contribution in [0.25, 0.3) is 10.9 Å². The van der Waals surface area contributed by atoms with E-state index in [0.29, 0.717) is 17.9 Å². The number of carboxylic acid groups (broad SMARTS) is 1. The number of aryl methyl sites for hydroxylation is 1. The predicted octanol–water partition coefficient (Wildman–Crippen LogP) is 2.35. The topological polar surface area (TPSA) is 158 Å². The molecule has 36 heavy (non-hydrogen) atoms. The van der Waals surface area contributed by atoms with Gasteiger partial charge in [0.05, 0.1) is 12.1 Å². The number of nitrogens with one attached hydrogen (secondary N) is 2. The van der Waals surface area contributed by atoms with Gasteiger partial charge in [-0.05, 0) is 43.3 Å². The summed E-state index contributed by atoms with van der Waals surface area (Å²) in [5.41, 5.74) is 4.50. The number of hydrogen-bond acceptors (Lipinski definition) is 7. The molecule has 0 aliphatic rings. The van der Waals surface area contributed by atoms with Crippen LogP contribution in [0, 0.1) is 6.92 Å². The Morgan fingerprint density at radius 3 is 2.28 bits per heavy atom. The number of halogens is 3. The Balaban J connectivity index is 0.000000572. The van der Waals surface area contributed by atoms with Crippen molar-refractivity contribution < 1.29 is 47.7 Å². The molecule has 0 saturated carbocycles. The number of amides is 2. The molecule has 0 bridgehead atoms. The van der Waals surface area contributed by atoms with Crippen molar-refractivity contribution in [2.24, 2.45) is 0 Å². The molecule has 0 aliphatic carbocycles. The van der Waals surface area contributed by atoms with Crippen molar-refractivity contribution in [2.45, 2.75) is 25.8 Å². The van der Waals surface area contributed by atoms with Gasteiger partial charge in [0, 0.05) is 22.2 Å². The maximum absolute atomic E-state index is 12.1. The number of pyridine rings is 1. The van der Waals surface area contributed by atoms with Gasteiger partial charge in [0.25, 0.3) is 11.8 Å². The SMILES string of the molecule is Cc1cc(COc2ccc(C(=O)NC[C@@H](O)C(=O)NO)cc2)c2ccccc2n1.O=C(O)C(F)(F)F. The van der Waals surface area contributed by atoms with E-state index in [1.807, 2.05) is 37.3 Å². The molecular formula is C23H22F3N3O7. The van der Waals surface area contributed by atoms with Crippen LogP contribution < -0.4 is 15.5 Å². The normalized spacial score (nSPS) is 11.6. The van der Waals surface area contributed by atoms with E-state index < -0.39 is 30.1 Å². The zero-order valence-electron chi connectivity index (χ0n) is 18.7. The van der Waals surface area contributed by atoms with E-state index in [-0.39, 0.29) is 6.54 Å². The van der Waals surface area contributed by atoms with E-state index in [1.54, 1.807) is 24.3 Å². The molecule has 2 aromatic carbocycles. The van der Waals surface area contributed by atoms with E-state index in [9.17, 15) is 27.9 Å². The number of carbonyl (C=O) groups is 3. The van der Waals surface area contributed by atoms with E-state index >= 15 is 0 Å². The van der Waals surface area contributed by atoms with Crippen molar-refractivity contribution in [3.05, 3.63) is 71.4 Å². The Morgan fingerprint density at radius 1 is 1.08 bits per heavy atom. The number of aliphatic hydroxyl groups excluding tert-OH is 1.